The van der Waals surface area contributed by atoms with E-state index in [2.05, 4.69) is 9.88 Å². The van der Waals surface area contributed by atoms with Crippen LogP contribution in [0.3, 0.4) is 0 Å². The van der Waals surface area contributed by atoms with Gasteiger partial charge >= 0.3 is 0 Å². The van der Waals surface area contributed by atoms with Crippen LogP contribution in [0.2, 0.25) is 0 Å². The number of hydrogen-bond donors (Lipinski definition) is 1. The summed E-state index contributed by atoms with van der Waals surface area (Å²) in [7, 11) is -2.13. The van der Waals surface area contributed by atoms with E-state index >= 15 is 0 Å². The van der Waals surface area contributed by atoms with E-state index in [1.807, 2.05) is 0 Å². The predicted molar refractivity (Wildman–Crippen MR) is 25.0 cm³/mol. The molecule has 0 heterocycles. The molecule has 7 heavy (non-hydrogen) atoms. The second kappa shape index (κ2) is 2.25. The van der Waals surface area contributed by atoms with Crippen LogP contribution in [-0.4, -0.2) is 21.5 Å². The number of nitrogens with two attached hydrogens (primary N) is 1. The van der Waals surface area contributed by atoms with Crippen molar-refractivity contribution in [3.63, 3.8) is 0 Å². The lowest BCUT2D eigenvalue weighted by atomic mass is 11.5. The highest BCUT2D eigenvalue weighted by Gasteiger charge is 1.96. The Kier molecular flexibility index (Phi) is 2.21. The lowest BCUT2D eigenvalue weighted by molar-refractivity contribution is 0.250. The molecule has 0 radical (unpaired) electrons. The average Bonchev–Trinajstić information content (AvgIpc) is 1.30. The van der Waals surface area contributed by atoms with E-state index in [4.69, 9.17) is 0 Å². The zero-order valence-corrected chi connectivity index (χ0v) is 4.73. The third kappa shape index (κ3) is 5.87. The van der Waals surface area contributed by atoms with E-state index in [1.165, 1.54) is 7.11 Å². The van der Waals surface area contributed by atoms with Crippen LogP contribution >= 0.6 is 0 Å². The molecule has 0 aliphatic carbocycles. The van der Waals surface area contributed by atoms with Crippen molar-refractivity contribution in [2.45, 2.75) is 0 Å². The molecule has 0 unspecified atom stereocenters. The first-order chi connectivity index (χ1) is 3.06. The molecule has 4 nitrogen and oxygen atoms in total. The van der Waals surface area contributed by atoms with Crippen LogP contribution in [0.5, 0.6) is 0 Å². The highest BCUT2D eigenvalue weighted by atomic mass is 32.2. The van der Waals surface area contributed by atoms with Crippen LogP contribution in [0, 0.1) is 0 Å². The molecule has 0 spiro atoms. The fourth-order valence-corrected chi connectivity index (χ4v) is 0.493. The van der Waals surface area contributed by atoms with Gasteiger partial charge in [0.15, 0.2) is 5.94 Å². The molecule has 0 aliphatic heterocycles. The summed E-state index contributed by atoms with van der Waals surface area (Å²) < 4.78 is 24.0. The monoisotopic (exact) mass is 125 g/mol. The van der Waals surface area contributed by atoms with Crippen molar-refractivity contribution in [2.75, 3.05) is 13.0 Å². The summed E-state index contributed by atoms with van der Waals surface area (Å²) >= 11 is 0. The van der Waals surface area contributed by atoms with Crippen LogP contribution in [0.1, 0.15) is 0 Å². The molecule has 2 N–H and O–H groups in total. The third-order valence-corrected chi connectivity index (χ3v) is 0.846. The maximum Gasteiger partial charge on any atom is 0.233 e. The minimum atomic E-state index is -3.40. The lowest BCUT2D eigenvalue weighted by Crippen LogP contribution is -2.17. The molecule has 0 aromatic rings. The van der Waals surface area contributed by atoms with Crippen molar-refractivity contribution < 1.29 is 13.2 Å². The Labute approximate surface area is 42.3 Å². The van der Waals surface area contributed by atoms with E-state index in [0.29, 0.717) is 0 Å². The smallest absolute Gasteiger partial charge is 0.233 e. The second-order valence-electron chi connectivity index (χ2n) is 1.07. The first kappa shape index (κ1) is 6.87. The van der Waals surface area contributed by atoms with Crippen molar-refractivity contribution in [1.29, 1.82) is 0 Å². The summed E-state index contributed by atoms with van der Waals surface area (Å²) in [6.45, 7) is 0. The Morgan fingerprint density at radius 3 is 2.14 bits per heavy atom. The largest absolute Gasteiger partial charge is 0.367 e. The molecule has 0 aliphatic rings. The molecule has 0 aromatic heterocycles. The number of ether oxygens (including phenoxy) is 1. The Balaban J connectivity index is 3.60. The van der Waals surface area contributed by atoms with E-state index in [1.54, 1.807) is 0 Å². The predicted octanol–water partition coefficient (Wildman–Crippen LogP) is -1.12. The minimum absolute atomic E-state index is 0.410. The quantitative estimate of drug-likeness (QED) is 0.508. The Hall–Kier alpha value is -0.130. The van der Waals surface area contributed by atoms with Crippen LogP contribution in [0.25, 0.3) is 0 Å². The second-order valence-corrected chi connectivity index (χ2v) is 2.63. The van der Waals surface area contributed by atoms with Gasteiger partial charge in [0.2, 0.25) is 10.0 Å². The molecule has 0 bridgehead atoms. The van der Waals surface area contributed by atoms with Gasteiger partial charge in [-0.1, -0.05) is 0 Å². The van der Waals surface area contributed by atoms with Crippen molar-refractivity contribution in [2.24, 2.45) is 5.14 Å². The average molecular weight is 125 g/mol. The summed E-state index contributed by atoms with van der Waals surface area (Å²) in [6, 6.07) is 0. The molecular formula is C2H7NO3S. The molecular weight excluding hydrogens is 118 g/mol. The van der Waals surface area contributed by atoms with E-state index in [9.17, 15) is 8.42 Å². The molecule has 0 saturated heterocycles. The van der Waals surface area contributed by atoms with Gasteiger partial charge in [0.05, 0.1) is 0 Å². The molecule has 0 fully saturated rings. The van der Waals surface area contributed by atoms with Gasteiger partial charge in [-0.25, -0.2) is 13.6 Å². The summed E-state index contributed by atoms with van der Waals surface area (Å²) in [6.07, 6.45) is 0. The summed E-state index contributed by atoms with van der Waals surface area (Å²) in [4.78, 5) is 0. The van der Waals surface area contributed by atoms with Gasteiger partial charge in [-0.2, -0.15) is 0 Å². The van der Waals surface area contributed by atoms with Crippen molar-refractivity contribution >= 4 is 10.0 Å². The summed E-state index contributed by atoms with van der Waals surface area (Å²) in [5.74, 6) is -0.410. The Morgan fingerprint density at radius 1 is 1.71 bits per heavy atom. The van der Waals surface area contributed by atoms with Gasteiger partial charge in [-0.05, 0) is 0 Å². The van der Waals surface area contributed by atoms with Crippen molar-refractivity contribution in [1.82, 2.24) is 0 Å². The number of methoxy groups -OCH3 is 1. The minimum Gasteiger partial charge on any atom is -0.367 e. The molecule has 5 heteroatoms. The normalized spacial score (nSPS) is 11.7. The van der Waals surface area contributed by atoms with Crippen LogP contribution in [0.15, 0.2) is 0 Å². The molecule has 0 rings (SSSR count). The zero-order valence-electron chi connectivity index (χ0n) is 3.92. The van der Waals surface area contributed by atoms with Gasteiger partial charge < -0.3 is 4.74 Å². The maximum absolute atomic E-state index is 9.88. The molecule has 0 atom stereocenters. The van der Waals surface area contributed by atoms with E-state index in [-0.39, 0.29) is 0 Å². The van der Waals surface area contributed by atoms with Crippen molar-refractivity contribution in [3.05, 3.63) is 0 Å². The number of sulfonamides is 1. The summed E-state index contributed by atoms with van der Waals surface area (Å²) in [5.41, 5.74) is 0. The summed E-state index contributed by atoms with van der Waals surface area (Å²) in [5, 5.41) is 4.49. The van der Waals surface area contributed by atoms with Gasteiger partial charge in [0, 0.05) is 7.11 Å². The van der Waals surface area contributed by atoms with Gasteiger partial charge in [0.25, 0.3) is 0 Å². The van der Waals surface area contributed by atoms with E-state index in [0.717, 1.165) is 0 Å². The number of primary sulfonamides is 1. The fourth-order valence-electron chi connectivity index (χ4n) is 0.164. The van der Waals surface area contributed by atoms with Crippen LogP contribution < -0.4 is 5.14 Å². The highest BCUT2D eigenvalue weighted by molar-refractivity contribution is 7.88. The number of rotatable bonds is 2. The van der Waals surface area contributed by atoms with Gasteiger partial charge in [-0.3, -0.25) is 0 Å². The highest BCUT2D eigenvalue weighted by Crippen LogP contribution is 1.73. The van der Waals surface area contributed by atoms with Crippen molar-refractivity contribution in [3.8, 4) is 0 Å². The maximum atomic E-state index is 9.88. The number of hydrogen-bond acceptors (Lipinski definition) is 3. The van der Waals surface area contributed by atoms with Crippen LogP contribution in [-0.2, 0) is 14.8 Å². The van der Waals surface area contributed by atoms with E-state index < -0.39 is 16.0 Å². The van der Waals surface area contributed by atoms with Crippen LogP contribution in [0.4, 0.5) is 0 Å². The Morgan fingerprint density at radius 2 is 2.14 bits per heavy atom. The third-order valence-electron chi connectivity index (χ3n) is 0.282. The molecule has 0 saturated carbocycles. The van der Waals surface area contributed by atoms with Gasteiger partial charge in [-0.15, -0.1) is 0 Å². The molecule has 0 aromatic carbocycles. The first-order valence-corrected chi connectivity index (χ1v) is 3.27. The molecule has 0 amide bonds. The standard InChI is InChI=1S/C2H7NO3S/c1-6-2-7(3,4)5/h2H2,1H3,(H2,3,4,5). The SMILES string of the molecule is COCS(N)(=O)=O. The Bertz CT molecular complexity index is 126. The lowest BCUT2D eigenvalue weighted by Gasteiger charge is -1.89. The zero-order chi connectivity index (χ0) is 5.91. The van der Waals surface area contributed by atoms with Gasteiger partial charge in [0.1, 0.15) is 0 Å². The fraction of sp³-hybridized carbons (Fsp3) is 1.00. The topological polar surface area (TPSA) is 69.4 Å². The molecule has 44 valence electrons. The first-order valence-electron chi connectivity index (χ1n) is 1.55.